The van der Waals surface area contributed by atoms with Crippen LogP contribution in [0, 0.1) is 0 Å². The van der Waals surface area contributed by atoms with Crippen molar-refractivity contribution < 1.29 is 4.74 Å². The third kappa shape index (κ3) is 3.48. The summed E-state index contributed by atoms with van der Waals surface area (Å²) in [7, 11) is 0. The Kier molecular flexibility index (Phi) is 4.42. The topological polar surface area (TPSA) is 41.7 Å². The van der Waals surface area contributed by atoms with Crippen LogP contribution in [0.3, 0.4) is 0 Å². The monoisotopic (exact) mass is 267 g/mol. The van der Waals surface area contributed by atoms with Gasteiger partial charge in [-0.3, -0.25) is 0 Å². The number of piperidine rings is 2. The number of nitrogens with two attached hydrogens (primary N) is 1. The third-order valence-electron chi connectivity index (χ3n) is 5.14. The van der Waals surface area contributed by atoms with Gasteiger partial charge in [0, 0.05) is 19.2 Å². The zero-order valence-corrected chi connectivity index (χ0v) is 12.1. The van der Waals surface area contributed by atoms with Gasteiger partial charge in [0.05, 0.1) is 12.1 Å². The second-order valence-corrected chi connectivity index (χ2v) is 6.77. The van der Waals surface area contributed by atoms with Crippen molar-refractivity contribution in [2.75, 3.05) is 45.9 Å². The standard InChI is InChI=1S/C15H29N3O/c16-15(6-11-19-13-15)12-17-9-4-14(5-10-17)18-7-2-1-3-8-18/h14H,1-13,16H2. The Hall–Kier alpha value is -0.160. The number of ether oxygens (including phenoxy) is 1. The zero-order valence-electron chi connectivity index (χ0n) is 12.1. The maximum Gasteiger partial charge on any atom is 0.0659 e. The summed E-state index contributed by atoms with van der Waals surface area (Å²) in [4.78, 5) is 5.30. The zero-order chi connectivity index (χ0) is 13.1. The molecule has 0 spiro atoms. The molecule has 3 aliphatic heterocycles. The highest BCUT2D eigenvalue weighted by atomic mass is 16.5. The van der Waals surface area contributed by atoms with Crippen molar-refractivity contribution >= 4 is 0 Å². The summed E-state index contributed by atoms with van der Waals surface area (Å²) in [5.41, 5.74) is 6.32. The Bertz CT molecular complexity index is 277. The van der Waals surface area contributed by atoms with Gasteiger partial charge in [0.15, 0.2) is 0 Å². The molecule has 0 aromatic carbocycles. The molecule has 0 aromatic heterocycles. The van der Waals surface area contributed by atoms with Gasteiger partial charge in [-0.2, -0.15) is 0 Å². The van der Waals surface area contributed by atoms with E-state index in [0.717, 1.165) is 32.2 Å². The Labute approximate surface area is 117 Å². The lowest BCUT2D eigenvalue weighted by atomic mass is 9.95. The number of nitrogens with zero attached hydrogens (tertiary/aromatic N) is 2. The third-order valence-corrected chi connectivity index (χ3v) is 5.14. The minimum absolute atomic E-state index is 0.0715. The van der Waals surface area contributed by atoms with E-state index in [-0.39, 0.29) is 5.54 Å². The molecule has 3 heterocycles. The lowest BCUT2D eigenvalue weighted by Gasteiger charge is -2.41. The molecule has 3 aliphatic rings. The minimum Gasteiger partial charge on any atom is -0.379 e. The molecule has 3 saturated heterocycles. The second-order valence-electron chi connectivity index (χ2n) is 6.77. The van der Waals surface area contributed by atoms with Gasteiger partial charge in [-0.15, -0.1) is 0 Å². The fraction of sp³-hybridized carbons (Fsp3) is 1.00. The summed E-state index contributed by atoms with van der Waals surface area (Å²) in [5.74, 6) is 0. The number of rotatable bonds is 3. The molecule has 0 aliphatic carbocycles. The van der Waals surface area contributed by atoms with Crippen molar-refractivity contribution in [3.8, 4) is 0 Å². The van der Waals surface area contributed by atoms with Gasteiger partial charge in [-0.25, -0.2) is 0 Å². The van der Waals surface area contributed by atoms with Crippen LogP contribution in [-0.2, 0) is 4.74 Å². The lowest BCUT2D eigenvalue weighted by molar-refractivity contribution is 0.0782. The average molecular weight is 267 g/mol. The normalized spacial score (nSPS) is 35.8. The molecule has 4 nitrogen and oxygen atoms in total. The Morgan fingerprint density at radius 1 is 1.05 bits per heavy atom. The van der Waals surface area contributed by atoms with Crippen molar-refractivity contribution in [1.29, 1.82) is 0 Å². The quantitative estimate of drug-likeness (QED) is 0.830. The van der Waals surface area contributed by atoms with E-state index >= 15 is 0 Å². The molecule has 1 atom stereocenters. The van der Waals surface area contributed by atoms with Crippen LogP contribution in [0.25, 0.3) is 0 Å². The van der Waals surface area contributed by atoms with E-state index in [9.17, 15) is 0 Å². The van der Waals surface area contributed by atoms with Crippen LogP contribution in [0.1, 0.15) is 38.5 Å². The lowest BCUT2D eigenvalue weighted by Crippen LogP contribution is -2.54. The minimum atomic E-state index is -0.0715. The van der Waals surface area contributed by atoms with E-state index in [4.69, 9.17) is 10.5 Å². The summed E-state index contributed by atoms with van der Waals surface area (Å²) in [5, 5.41) is 0. The SMILES string of the molecule is NC1(CN2CCC(N3CCCCC3)CC2)CCOC1. The first-order valence-electron chi connectivity index (χ1n) is 8.08. The van der Waals surface area contributed by atoms with Gasteiger partial charge in [0.25, 0.3) is 0 Å². The van der Waals surface area contributed by atoms with Crippen LogP contribution in [0.2, 0.25) is 0 Å². The molecule has 19 heavy (non-hydrogen) atoms. The Balaban J connectivity index is 1.44. The predicted octanol–water partition coefficient (Wildman–Crippen LogP) is 1.05. The van der Waals surface area contributed by atoms with Crippen molar-refractivity contribution in [1.82, 2.24) is 9.80 Å². The van der Waals surface area contributed by atoms with Crippen molar-refractivity contribution in [2.24, 2.45) is 5.73 Å². The maximum atomic E-state index is 6.39. The highest BCUT2D eigenvalue weighted by molar-refractivity contribution is 4.93. The molecule has 0 aromatic rings. The van der Waals surface area contributed by atoms with Crippen molar-refractivity contribution in [2.45, 2.75) is 50.1 Å². The average Bonchev–Trinajstić information content (AvgIpc) is 2.87. The molecule has 0 radical (unpaired) electrons. The maximum absolute atomic E-state index is 6.39. The molecule has 110 valence electrons. The first kappa shape index (κ1) is 13.8. The number of hydrogen-bond donors (Lipinski definition) is 1. The smallest absolute Gasteiger partial charge is 0.0659 e. The fourth-order valence-corrected chi connectivity index (χ4v) is 3.92. The van der Waals surface area contributed by atoms with Gasteiger partial charge in [-0.1, -0.05) is 6.42 Å². The van der Waals surface area contributed by atoms with Gasteiger partial charge in [0.1, 0.15) is 0 Å². The molecule has 0 saturated carbocycles. The molecule has 1 unspecified atom stereocenters. The summed E-state index contributed by atoms with van der Waals surface area (Å²) in [6.07, 6.45) is 7.94. The Morgan fingerprint density at radius 2 is 1.79 bits per heavy atom. The fourth-order valence-electron chi connectivity index (χ4n) is 3.92. The molecular weight excluding hydrogens is 238 g/mol. The molecule has 2 N–H and O–H groups in total. The van der Waals surface area contributed by atoms with Crippen LogP contribution in [0.4, 0.5) is 0 Å². The predicted molar refractivity (Wildman–Crippen MR) is 77.2 cm³/mol. The molecule has 0 bridgehead atoms. The first-order chi connectivity index (χ1) is 9.25. The van der Waals surface area contributed by atoms with Gasteiger partial charge in [0.2, 0.25) is 0 Å². The van der Waals surface area contributed by atoms with E-state index in [0.29, 0.717) is 0 Å². The van der Waals surface area contributed by atoms with E-state index in [2.05, 4.69) is 9.80 Å². The van der Waals surface area contributed by atoms with Crippen LogP contribution in [-0.4, -0.2) is 67.3 Å². The van der Waals surface area contributed by atoms with E-state index in [1.54, 1.807) is 0 Å². The highest BCUT2D eigenvalue weighted by Crippen LogP contribution is 2.23. The van der Waals surface area contributed by atoms with Crippen LogP contribution in [0.15, 0.2) is 0 Å². The van der Waals surface area contributed by atoms with Crippen LogP contribution in [0.5, 0.6) is 0 Å². The Morgan fingerprint density at radius 3 is 2.42 bits per heavy atom. The summed E-state index contributed by atoms with van der Waals surface area (Å²) in [6, 6.07) is 0.838. The summed E-state index contributed by atoms with van der Waals surface area (Å²) < 4.78 is 5.46. The van der Waals surface area contributed by atoms with Gasteiger partial charge < -0.3 is 20.3 Å². The second kappa shape index (κ2) is 6.08. The van der Waals surface area contributed by atoms with E-state index in [1.165, 1.54) is 58.3 Å². The molecular formula is C15H29N3O. The first-order valence-corrected chi connectivity index (χ1v) is 8.08. The number of hydrogen-bond acceptors (Lipinski definition) is 4. The molecule has 4 heteroatoms. The van der Waals surface area contributed by atoms with Crippen LogP contribution < -0.4 is 5.73 Å². The van der Waals surface area contributed by atoms with E-state index < -0.39 is 0 Å². The van der Waals surface area contributed by atoms with Crippen molar-refractivity contribution in [3.05, 3.63) is 0 Å². The molecule has 3 fully saturated rings. The van der Waals surface area contributed by atoms with Gasteiger partial charge in [-0.05, 0) is 58.3 Å². The highest BCUT2D eigenvalue weighted by Gasteiger charge is 2.34. The number of likely N-dealkylation sites (tertiary alicyclic amines) is 2. The van der Waals surface area contributed by atoms with Gasteiger partial charge >= 0.3 is 0 Å². The van der Waals surface area contributed by atoms with Crippen LogP contribution >= 0.6 is 0 Å². The summed E-state index contributed by atoms with van der Waals surface area (Å²) in [6.45, 7) is 7.73. The summed E-state index contributed by atoms with van der Waals surface area (Å²) >= 11 is 0. The molecule has 0 amide bonds. The van der Waals surface area contributed by atoms with E-state index in [1.807, 2.05) is 0 Å². The molecule has 3 rings (SSSR count). The largest absolute Gasteiger partial charge is 0.379 e. The van der Waals surface area contributed by atoms with Crippen molar-refractivity contribution in [3.63, 3.8) is 0 Å².